The Morgan fingerprint density at radius 1 is 0.469 bits per heavy atom. The Morgan fingerprint density at radius 2 is 0.875 bits per heavy atom. The van der Waals surface area contributed by atoms with E-state index in [2.05, 4.69) is 50.2 Å². The lowest BCUT2D eigenvalue weighted by Gasteiger charge is -2.01. The van der Waals surface area contributed by atoms with Crippen molar-refractivity contribution in [1.82, 2.24) is 0 Å². The number of unbranched alkanes of at least 4 members (excludes halogenated alkanes) is 10. The fourth-order valence-corrected chi connectivity index (χ4v) is 7.20. The molecule has 2 aromatic carbocycles. The van der Waals surface area contributed by atoms with Gasteiger partial charge in [-0.15, -0.1) is 22.7 Å². The summed E-state index contributed by atoms with van der Waals surface area (Å²) in [6.45, 7) is 4.59. The molecule has 0 bridgehead atoms. The molecular weight excluding hydrogens is 424 g/mol. The van der Waals surface area contributed by atoms with Crippen molar-refractivity contribution in [3.8, 4) is 0 Å². The molecule has 0 aliphatic carbocycles. The Labute approximate surface area is 203 Å². The Morgan fingerprint density at radius 3 is 1.31 bits per heavy atom. The summed E-state index contributed by atoms with van der Waals surface area (Å²) in [5, 5.41) is 5.84. The van der Waals surface area contributed by atoms with E-state index < -0.39 is 0 Å². The molecule has 0 amide bonds. The van der Waals surface area contributed by atoms with Crippen molar-refractivity contribution < 1.29 is 0 Å². The zero-order valence-corrected chi connectivity index (χ0v) is 21.8. The summed E-state index contributed by atoms with van der Waals surface area (Å²) < 4.78 is 2.92. The highest BCUT2D eigenvalue weighted by atomic mass is 32.1. The molecule has 0 saturated heterocycles. The third-order valence-electron chi connectivity index (χ3n) is 6.85. The fourth-order valence-electron chi connectivity index (χ4n) is 4.96. The summed E-state index contributed by atoms with van der Waals surface area (Å²) >= 11 is 4.03. The standard InChI is InChI=1S/C30H40S2/c1-3-5-7-9-11-13-15-23-21-27-25-18-20-30-28(26(25)17-19-29(27)31-23)22-24(32-30)16-14-12-10-8-6-4-2/h17-22H,3-16H2,1-2H3. The maximum absolute atomic E-state index is 2.49. The average molecular weight is 465 g/mol. The minimum atomic E-state index is 1.25. The normalized spacial score (nSPS) is 11.9. The summed E-state index contributed by atoms with van der Waals surface area (Å²) in [6.07, 6.45) is 19.0. The Hall–Kier alpha value is -1.38. The van der Waals surface area contributed by atoms with E-state index in [0.717, 1.165) is 0 Å². The maximum atomic E-state index is 2.49. The molecule has 0 saturated carbocycles. The van der Waals surface area contributed by atoms with Crippen LogP contribution in [0.2, 0.25) is 0 Å². The van der Waals surface area contributed by atoms with Gasteiger partial charge in [-0.1, -0.05) is 90.2 Å². The SMILES string of the molecule is CCCCCCCCc1cc2c(ccc3c4cc(CCCCCCCC)sc4ccc23)s1. The highest BCUT2D eigenvalue weighted by Gasteiger charge is 2.10. The van der Waals surface area contributed by atoms with E-state index in [4.69, 9.17) is 0 Å². The van der Waals surface area contributed by atoms with E-state index >= 15 is 0 Å². The van der Waals surface area contributed by atoms with Crippen LogP contribution >= 0.6 is 22.7 Å². The van der Waals surface area contributed by atoms with Crippen LogP contribution in [0.25, 0.3) is 30.9 Å². The molecule has 0 nitrogen and oxygen atoms in total. The second-order valence-corrected chi connectivity index (χ2v) is 11.8. The number of rotatable bonds is 14. The van der Waals surface area contributed by atoms with Crippen LogP contribution in [0, 0.1) is 0 Å². The van der Waals surface area contributed by atoms with Crippen molar-refractivity contribution in [3.05, 3.63) is 46.2 Å². The number of aryl methyl sites for hydroxylation is 2. The molecule has 2 heterocycles. The molecule has 0 aliphatic rings. The summed E-state index contributed by atoms with van der Waals surface area (Å²) in [5.41, 5.74) is 0. The van der Waals surface area contributed by atoms with E-state index in [-0.39, 0.29) is 0 Å². The third-order valence-corrected chi connectivity index (χ3v) is 9.17. The van der Waals surface area contributed by atoms with Crippen LogP contribution in [-0.2, 0) is 12.8 Å². The van der Waals surface area contributed by atoms with Gasteiger partial charge in [0.15, 0.2) is 0 Å². The molecule has 32 heavy (non-hydrogen) atoms. The molecule has 4 aromatic rings. The second-order valence-electron chi connectivity index (χ2n) is 9.51. The van der Waals surface area contributed by atoms with E-state index in [1.54, 1.807) is 9.75 Å². The van der Waals surface area contributed by atoms with Crippen LogP contribution in [0.15, 0.2) is 36.4 Å². The van der Waals surface area contributed by atoms with Crippen molar-refractivity contribution in [1.29, 1.82) is 0 Å². The molecule has 0 spiro atoms. The zero-order chi connectivity index (χ0) is 22.2. The first-order chi connectivity index (χ1) is 15.8. The second kappa shape index (κ2) is 12.2. The van der Waals surface area contributed by atoms with Crippen molar-refractivity contribution in [2.45, 2.75) is 104 Å². The number of fused-ring (bicyclic) bond motifs is 5. The lowest BCUT2D eigenvalue weighted by molar-refractivity contribution is 0.609. The lowest BCUT2D eigenvalue weighted by Crippen LogP contribution is -1.82. The largest absolute Gasteiger partial charge is 0.140 e. The minimum Gasteiger partial charge on any atom is -0.140 e. The number of thiophene rings is 2. The summed E-state index contributed by atoms with van der Waals surface area (Å²) in [7, 11) is 0. The van der Waals surface area contributed by atoms with Gasteiger partial charge >= 0.3 is 0 Å². The highest BCUT2D eigenvalue weighted by Crippen LogP contribution is 2.38. The number of hydrogen-bond acceptors (Lipinski definition) is 2. The van der Waals surface area contributed by atoms with E-state index in [9.17, 15) is 0 Å². The quantitative estimate of drug-likeness (QED) is 0.163. The van der Waals surface area contributed by atoms with Crippen molar-refractivity contribution in [2.75, 3.05) is 0 Å². The number of hydrogen-bond donors (Lipinski definition) is 0. The molecule has 0 N–H and O–H groups in total. The van der Waals surface area contributed by atoms with Crippen LogP contribution in [0.5, 0.6) is 0 Å². The first-order valence-electron chi connectivity index (χ1n) is 13.2. The van der Waals surface area contributed by atoms with E-state index in [0.29, 0.717) is 0 Å². The van der Waals surface area contributed by atoms with Gasteiger partial charge in [0.05, 0.1) is 0 Å². The van der Waals surface area contributed by atoms with Crippen molar-refractivity contribution >= 4 is 53.6 Å². The smallest absolute Gasteiger partial charge is 0.0352 e. The van der Waals surface area contributed by atoms with Gasteiger partial charge < -0.3 is 0 Å². The fraction of sp³-hybridized carbons (Fsp3) is 0.533. The van der Waals surface area contributed by atoms with Gasteiger partial charge in [-0.05, 0) is 60.7 Å². The predicted octanol–water partition coefficient (Wildman–Crippen LogP) is 11.1. The Bertz CT molecular complexity index is 1020. The molecule has 0 unspecified atom stereocenters. The molecule has 2 heteroatoms. The molecule has 0 fully saturated rings. The van der Waals surface area contributed by atoms with Crippen LogP contribution < -0.4 is 0 Å². The average Bonchev–Trinajstić information content (AvgIpc) is 3.42. The van der Waals surface area contributed by atoms with Crippen molar-refractivity contribution in [2.24, 2.45) is 0 Å². The molecule has 172 valence electrons. The molecule has 0 radical (unpaired) electrons. The van der Waals surface area contributed by atoms with E-state index in [1.165, 1.54) is 121 Å². The molecule has 4 rings (SSSR count). The molecule has 0 aliphatic heterocycles. The third kappa shape index (κ3) is 5.94. The first-order valence-corrected chi connectivity index (χ1v) is 14.8. The lowest BCUT2D eigenvalue weighted by atomic mass is 10.0. The van der Waals surface area contributed by atoms with E-state index in [1.807, 2.05) is 22.7 Å². The monoisotopic (exact) mass is 464 g/mol. The van der Waals surface area contributed by atoms with Crippen LogP contribution in [0.4, 0.5) is 0 Å². The minimum absolute atomic E-state index is 1.25. The van der Waals surface area contributed by atoms with Gasteiger partial charge in [-0.2, -0.15) is 0 Å². The van der Waals surface area contributed by atoms with Gasteiger partial charge in [0.1, 0.15) is 0 Å². The Kier molecular flexibility index (Phi) is 9.05. The summed E-state index contributed by atoms with van der Waals surface area (Å²) in [4.78, 5) is 3.13. The summed E-state index contributed by atoms with van der Waals surface area (Å²) in [5.74, 6) is 0. The maximum Gasteiger partial charge on any atom is 0.0352 e. The van der Waals surface area contributed by atoms with Crippen LogP contribution in [-0.4, -0.2) is 0 Å². The zero-order valence-electron chi connectivity index (χ0n) is 20.2. The van der Waals surface area contributed by atoms with Gasteiger partial charge in [0, 0.05) is 29.9 Å². The molecule has 0 atom stereocenters. The van der Waals surface area contributed by atoms with Gasteiger partial charge in [-0.3, -0.25) is 0 Å². The Balaban J connectivity index is 1.44. The number of benzene rings is 2. The summed E-state index contributed by atoms with van der Waals surface area (Å²) in [6, 6.07) is 14.5. The van der Waals surface area contributed by atoms with Crippen LogP contribution in [0.1, 0.15) is 101 Å². The van der Waals surface area contributed by atoms with Crippen LogP contribution in [0.3, 0.4) is 0 Å². The van der Waals surface area contributed by atoms with Gasteiger partial charge in [0.25, 0.3) is 0 Å². The molecular formula is C30H40S2. The predicted molar refractivity (Wildman–Crippen MR) is 149 cm³/mol. The molecule has 2 aromatic heterocycles. The van der Waals surface area contributed by atoms with Gasteiger partial charge in [-0.25, -0.2) is 0 Å². The van der Waals surface area contributed by atoms with Crippen molar-refractivity contribution in [3.63, 3.8) is 0 Å². The first kappa shape index (κ1) is 23.8. The highest BCUT2D eigenvalue weighted by molar-refractivity contribution is 7.19. The topological polar surface area (TPSA) is 0 Å². The van der Waals surface area contributed by atoms with Gasteiger partial charge in [0.2, 0.25) is 0 Å².